The fourth-order valence-corrected chi connectivity index (χ4v) is 6.15. The number of carboxylic acid groups (broad SMARTS) is 1. The van der Waals surface area contributed by atoms with Crippen LogP contribution in [0.2, 0.25) is 0 Å². The topological polar surface area (TPSA) is 63.6 Å². The molecule has 2 saturated carbocycles. The molecule has 4 nitrogen and oxygen atoms in total. The van der Waals surface area contributed by atoms with E-state index in [9.17, 15) is 14.7 Å². The van der Waals surface area contributed by atoms with Crippen molar-refractivity contribution >= 4 is 11.8 Å². The molecule has 1 N–H and O–H groups in total. The monoisotopic (exact) mass is 342 g/mol. The molecule has 0 bridgehead atoms. The van der Waals surface area contributed by atoms with Crippen molar-refractivity contribution in [3.63, 3.8) is 0 Å². The van der Waals surface area contributed by atoms with E-state index in [1.165, 1.54) is 11.1 Å². The molecule has 0 spiro atoms. The van der Waals surface area contributed by atoms with Crippen molar-refractivity contribution in [2.75, 3.05) is 7.11 Å². The second-order valence-corrected chi connectivity index (χ2v) is 8.34. The smallest absolute Gasteiger partial charge is 0.303 e. The summed E-state index contributed by atoms with van der Waals surface area (Å²) < 4.78 is 5.37. The molecule has 4 heteroatoms. The number of hydrogen-bond donors (Lipinski definition) is 1. The molecule has 0 saturated heterocycles. The highest BCUT2D eigenvalue weighted by molar-refractivity contribution is 5.88. The van der Waals surface area contributed by atoms with Gasteiger partial charge in [-0.05, 0) is 72.6 Å². The van der Waals surface area contributed by atoms with Gasteiger partial charge < -0.3 is 9.84 Å². The van der Waals surface area contributed by atoms with E-state index in [2.05, 4.69) is 19.1 Å². The zero-order chi connectivity index (χ0) is 17.8. The van der Waals surface area contributed by atoms with Crippen LogP contribution in [0, 0.1) is 23.2 Å². The normalized spacial score (nSPS) is 36.3. The molecule has 5 atom stereocenters. The second kappa shape index (κ2) is 5.86. The Kier molecular flexibility index (Phi) is 3.89. The maximum absolute atomic E-state index is 12.7. The van der Waals surface area contributed by atoms with Crippen LogP contribution < -0.4 is 4.74 Å². The average molecular weight is 342 g/mol. The van der Waals surface area contributed by atoms with Crippen molar-refractivity contribution in [1.29, 1.82) is 0 Å². The van der Waals surface area contributed by atoms with Crippen molar-refractivity contribution in [3.8, 4) is 5.75 Å². The zero-order valence-corrected chi connectivity index (χ0v) is 15.0. The van der Waals surface area contributed by atoms with Gasteiger partial charge >= 0.3 is 5.97 Å². The highest BCUT2D eigenvalue weighted by Crippen LogP contribution is 2.62. The van der Waals surface area contributed by atoms with Crippen LogP contribution in [0.25, 0.3) is 0 Å². The van der Waals surface area contributed by atoms with E-state index in [1.807, 2.05) is 6.07 Å². The van der Waals surface area contributed by atoms with E-state index >= 15 is 0 Å². The maximum atomic E-state index is 12.7. The number of rotatable bonds is 3. The molecule has 2 fully saturated rings. The summed E-state index contributed by atoms with van der Waals surface area (Å²) in [5, 5.41) is 9.32. The lowest BCUT2D eigenvalue weighted by Crippen LogP contribution is -2.44. The number of benzene rings is 1. The van der Waals surface area contributed by atoms with Gasteiger partial charge in [0.05, 0.1) is 7.11 Å². The molecule has 0 unspecified atom stereocenters. The SMILES string of the molecule is COc1ccc2c(c1)CC[C@H]1[C@@H]3[C@H](CC(=O)O)CC(=O)[C@@]3(C)CC[C@H]21. The molecule has 4 rings (SSSR count). The third kappa shape index (κ3) is 2.49. The van der Waals surface area contributed by atoms with E-state index in [0.717, 1.165) is 31.4 Å². The Hall–Kier alpha value is -1.84. The summed E-state index contributed by atoms with van der Waals surface area (Å²) in [7, 11) is 1.69. The predicted octanol–water partition coefficient (Wildman–Crippen LogP) is 3.82. The summed E-state index contributed by atoms with van der Waals surface area (Å²) in [6.45, 7) is 2.10. The van der Waals surface area contributed by atoms with Crippen LogP contribution in [-0.2, 0) is 16.0 Å². The maximum Gasteiger partial charge on any atom is 0.303 e. The van der Waals surface area contributed by atoms with Crippen molar-refractivity contribution in [2.45, 2.75) is 51.4 Å². The van der Waals surface area contributed by atoms with Gasteiger partial charge in [-0.15, -0.1) is 0 Å². The summed E-state index contributed by atoms with van der Waals surface area (Å²) in [5.41, 5.74) is 2.45. The van der Waals surface area contributed by atoms with Crippen LogP contribution >= 0.6 is 0 Å². The van der Waals surface area contributed by atoms with Gasteiger partial charge in [0.2, 0.25) is 0 Å². The summed E-state index contributed by atoms with van der Waals surface area (Å²) in [4.78, 5) is 24.1. The van der Waals surface area contributed by atoms with Gasteiger partial charge in [0, 0.05) is 18.3 Å². The lowest BCUT2D eigenvalue weighted by Gasteiger charge is -2.49. The van der Waals surface area contributed by atoms with Gasteiger partial charge in [-0.25, -0.2) is 0 Å². The van der Waals surface area contributed by atoms with E-state index in [4.69, 9.17) is 4.74 Å². The van der Waals surface area contributed by atoms with Gasteiger partial charge in [0.25, 0.3) is 0 Å². The molecule has 134 valence electrons. The number of carbonyl (C=O) groups is 2. The fraction of sp³-hybridized carbons (Fsp3) is 0.619. The molecule has 0 amide bonds. The quantitative estimate of drug-likeness (QED) is 0.907. The van der Waals surface area contributed by atoms with Crippen molar-refractivity contribution in [2.24, 2.45) is 23.2 Å². The Morgan fingerprint density at radius 3 is 2.88 bits per heavy atom. The van der Waals surface area contributed by atoms with Gasteiger partial charge in [0.15, 0.2) is 0 Å². The minimum Gasteiger partial charge on any atom is -0.497 e. The number of ketones is 1. The molecule has 1 aromatic carbocycles. The summed E-state index contributed by atoms with van der Waals surface area (Å²) in [6.07, 6.45) is 4.54. The highest BCUT2D eigenvalue weighted by Gasteiger charge is 2.58. The number of aliphatic carboxylic acids is 1. The zero-order valence-electron chi connectivity index (χ0n) is 15.0. The Balaban J connectivity index is 1.70. The molecule has 0 radical (unpaired) electrons. The van der Waals surface area contributed by atoms with E-state index in [0.29, 0.717) is 24.0 Å². The largest absolute Gasteiger partial charge is 0.497 e. The van der Waals surface area contributed by atoms with Crippen molar-refractivity contribution < 1.29 is 19.4 Å². The van der Waals surface area contributed by atoms with Gasteiger partial charge in [0.1, 0.15) is 11.5 Å². The van der Waals surface area contributed by atoms with E-state index in [1.54, 1.807) is 7.11 Å². The Morgan fingerprint density at radius 1 is 1.36 bits per heavy atom. The standard InChI is InChI=1S/C21H26O4/c1-21-8-7-16-15-6-4-14(25-2)9-12(15)3-5-17(16)20(21)13(10-18(21)22)11-19(23)24/h4,6,9,13,16-17,20H,3,5,7-8,10-11H2,1-2H3,(H,23,24)/t13-,16+,17+,20-,21+/m0/s1. The minimum atomic E-state index is -0.773. The van der Waals surface area contributed by atoms with Crippen LogP contribution in [0.3, 0.4) is 0 Å². The second-order valence-electron chi connectivity index (χ2n) is 8.34. The Morgan fingerprint density at radius 2 is 2.16 bits per heavy atom. The van der Waals surface area contributed by atoms with E-state index in [-0.39, 0.29) is 23.7 Å². The number of methoxy groups -OCH3 is 1. The van der Waals surface area contributed by atoms with E-state index < -0.39 is 5.97 Å². The molecule has 0 aromatic heterocycles. The molecule has 1 aromatic rings. The number of hydrogen-bond acceptors (Lipinski definition) is 3. The summed E-state index contributed by atoms with van der Waals surface area (Å²) in [6, 6.07) is 6.37. The third-order valence-electron chi connectivity index (χ3n) is 7.21. The average Bonchev–Trinajstić information content (AvgIpc) is 2.84. The number of fused-ring (bicyclic) bond motifs is 5. The molecule has 25 heavy (non-hydrogen) atoms. The van der Waals surface area contributed by atoms with Gasteiger partial charge in [-0.1, -0.05) is 13.0 Å². The van der Waals surface area contributed by atoms with Crippen LogP contribution in [0.5, 0.6) is 5.75 Å². The predicted molar refractivity (Wildman–Crippen MR) is 93.7 cm³/mol. The first kappa shape index (κ1) is 16.6. The molecule has 3 aliphatic rings. The lowest BCUT2D eigenvalue weighted by atomic mass is 9.54. The van der Waals surface area contributed by atoms with Crippen LogP contribution in [0.4, 0.5) is 0 Å². The molecular weight excluding hydrogens is 316 g/mol. The Bertz CT molecular complexity index is 725. The first-order valence-electron chi connectivity index (χ1n) is 9.36. The number of aryl methyl sites for hydroxylation is 1. The number of Topliss-reactive ketones (excluding diaryl/α,β-unsaturated/α-hetero) is 1. The first-order chi connectivity index (χ1) is 11.9. The molecule has 0 heterocycles. The van der Waals surface area contributed by atoms with Crippen molar-refractivity contribution in [1.82, 2.24) is 0 Å². The van der Waals surface area contributed by atoms with Crippen LogP contribution in [0.1, 0.15) is 56.1 Å². The number of carbonyl (C=O) groups excluding carboxylic acids is 1. The van der Waals surface area contributed by atoms with Gasteiger partial charge in [-0.3, -0.25) is 9.59 Å². The third-order valence-corrected chi connectivity index (χ3v) is 7.21. The fourth-order valence-electron chi connectivity index (χ4n) is 6.15. The van der Waals surface area contributed by atoms with Crippen molar-refractivity contribution in [3.05, 3.63) is 29.3 Å². The molecule has 3 aliphatic carbocycles. The number of carboxylic acids is 1. The lowest BCUT2D eigenvalue weighted by molar-refractivity contribution is -0.139. The minimum absolute atomic E-state index is 0.00241. The first-order valence-corrected chi connectivity index (χ1v) is 9.36. The summed E-state index contributed by atoms with van der Waals surface area (Å²) in [5.74, 6) is 1.52. The Labute approximate surface area is 148 Å². The number of ether oxygens (including phenoxy) is 1. The summed E-state index contributed by atoms with van der Waals surface area (Å²) >= 11 is 0. The van der Waals surface area contributed by atoms with Crippen LogP contribution in [0.15, 0.2) is 18.2 Å². The van der Waals surface area contributed by atoms with Gasteiger partial charge in [-0.2, -0.15) is 0 Å². The van der Waals surface area contributed by atoms with Crippen LogP contribution in [-0.4, -0.2) is 24.0 Å². The molecular formula is C21H26O4. The molecule has 0 aliphatic heterocycles. The highest BCUT2D eigenvalue weighted by atomic mass is 16.5.